The fraction of sp³-hybridized carbons (Fsp3) is 0.562. The Bertz CT molecular complexity index is 516. The Kier molecular flexibility index (Phi) is 6.34. The number of ether oxygens (including phenoxy) is 2. The summed E-state index contributed by atoms with van der Waals surface area (Å²) in [5.74, 6) is 0.825. The highest BCUT2D eigenvalue weighted by atomic mass is 35.5. The SMILES string of the molecule is CCCOc1c(Cl)cc(C(=O)N[C@H]2CCCNC2)cc1OC. The van der Waals surface area contributed by atoms with Gasteiger partial charge in [-0.15, -0.1) is 0 Å². The van der Waals surface area contributed by atoms with Crippen LogP contribution in [0.3, 0.4) is 0 Å². The number of halogens is 1. The second-order valence-electron chi connectivity index (χ2n) is 5.35. The molecule has 1 aromatic carbocycles. The maximum atomic E-state index is 12.4. The van der Waals surface area contributed by atoms with Gasteiger partial charge in [-0.25, -0.2) is 0 Å². The van der Waals surface area contributed by atoms with Crippen molar-refractivity contribution in [1.82, 2.24) is 10.6 Å². The zero-order valence-corrected chi connectivity index (χ0v) is 13.8. The highest BCUT2D eigenvalue weighted by Crippen LogP contribution is 2.36. The molecule has 0 saturated carbocycles. The Morgan fingerprint density at radius 2 is 2.32 bits per heavy atom. The van der Waals surface area contributed by atoms with Crippen molar-refractivity contribution in [2.24, 2.45) is 0 Å². The number of methoxy groups -OCH3 is 1. The normalized spacial score (nSPS) is 17.9. The van der Waals surface area contributed by atoms with E-state index in [0.717, 1.165) is 32.4 Å². The monoisotopic (exact) mass is 326 g/mol. The highest BCUT2D eigenvalue weighted by molar-refractivity contribution is 6.32. The first kappa shape index (κ1) is 16.9. The summed E-state index contributed by atoms with van der Waals surface area (Å²) >= 11 is 6.24. The quantitative estimate of drug-likeness (QED) is 0.843. The van der Waals surface area contributed by atoms with E-state index in [1.807, 2.05) is 6.92 Å². The maximum Gasteiger partial charge on any atom is 0.251 e. The number of piperidine rings is 1. The number of nitrogens with one attached hydrogen (secondary N) is 2. The highest BCUT2D eigenvalue weighted by Gasteiger charge is 2.19. The van der Waals surface area contributed by atoms with Gasteiger partial charge in [-0.05, 0) is 37.9 Å². The molecule has 0 aliphatic carbocycles. The number of hydrogen-bond donors (Lipinski definition) is 2. The molecule has 0 unspecified atom stereocenters. The van der Waals surface area contributed by atoms with Gasteiger partial charge >= 0.3 is 0 Å². The molecule has 0 bridgehead atoms. The van der Waals surface area contributed by atoms with E-state index in [4.69, 9.17) is 21.1 Å². The van der Waals surface area contributed by atoms with Crippen molar-refractivity contribution < 1.29 is 14.3 Å². The molecule has 2 N–H and O–H groups in total. The average Bonchev–Trinajstić information content (AvgIpc) is 2.54. The van der Waals surface area contributed by atoms with Gasteiger partial charge in [0.1, 0.15) is 0 Å². The van der Waals surface area contributed by atoms with Gasteiger partial charge in [0.15, 0.2) is 11.5 Å². The number of rotatable bonds is 6. The lowest BCUT2D eigenvalue weighted by Gasteiger charge is -2.24. The summed E-state index contributed by atoms with van der Waals surface area (Å²) in [6, 6.07) is 3.45. The van der Waals surface area contributed by atoms with Gasteiger partial charge in [-0.3, -0.25) is 4.79 Å². The van der Waals surface area contributed by atoms with E-state index in [1.165, 1.54) is 7.11 Å². The van der Waals surface area contributed by atoms with E-state index in [1.54, 1.807) is 12.1 Å². The summed E-state index contributed by atoms with van der Waals surface area (Å²) in [7, 11) is 1.54. The molecule has 22 heavy (non-hydrogen) atoms. The fourth-order valence-electron chi connectivity index (χ4n) is 2.44. The largest absolute Gasteiger partial charge is 0.493 e. The third kappa shape index (κ3) is 4.27. The molecule has 0 aromatic heterocycles. The Hall–Kier alpha value is -1.46. The molecule has 122 valence electrons. The van der Waals surface area contributed by atoms with Crippen LogP contribution in [0.5, 0.6) is 11.5 Å². The Labute approximate surface area is 136 Å². The number of hydrogen-bond acceptors (Lipinski definition) is 4. The molecule has 1 aromatic rings. The second kappa shape index (κ2) is 8.25. The van der Waals surface area contributed by atoms with Crippen LogP contribution in [0.1, 0.15) is 36.5 Å². The van der Waals surface area contributed by atoms with Crippen LogP contribution in [-0.2, 0) is 0 Å². The van der Waals surface area contributed by atoms with Crippen LogP contribution in [0.25, 0.3) is 0 Å². The van der Waals surface area contributed by atoms with Crippen LogP contribution in [-0.4, -0.2) is 38.8 Å². The summed E-state index contributed by atoms with van der Waals surface area (Å²) in [6.07, 6.45) is 2.93. The van der Waals surface area contributed by atoms with Crippen LogP contribution in [0, 0.1) is 0 Å². The van der Waals surface area contributed by atoms with Crippen LogP contribution in [0.4, 0.5) is 0 Å². The van der Waals surface area contributed by atoms with Crippen molar-refractivity contribution in [1.29, 1.82) is 0 Å². The number of carbonyl (C=O) groups is 1. The molecule has 1 heterocycles. The molecule has 1 aliphatic rings. The minimum atomic E-state index is -0.143. The van der Waals surface area contributed by atoms with E-state index in [-0.39, 0.29) is 11.9 Å². The van der Waals surface area contributed by atoms with Crippen molar-refractivity contribution in [3.8, 4) is 11.5 Å². The summed E-state index contributed by atoms with van der Waals surface area (Å²) in [4.78, 5) is 12.4. The van der Waals surface area contributed by atoms with Gasteiger partial charge in [0.2, 0.25) is 0 Å². The summed E-state index contributed by atoms with van der Waals surface area (Å²) in [6.45, 7) is 4.37. The lowest BCUT2D eigenvalue weighted by molar-refractivity contribution is 0.0930. The third-order valence-corrected chi connectivity index (χ3v) is 3.86. The molecule has 1 amide bonds. The van der Waals surface area contributed by atoms with Crippen molar-refractivity contribution >= 4 is 17.5 Å². The second-order valence-corrected chi connectivity index (χ2v) is 5.76. The number of carbonyl (C=O) groups excluding carboxylic acids is 1. The first-order valence-corrected chi connectivity index (χ1v) is 8.05. The van der Waals surface area contributed by atoms with Crippen LogP contribution in [0.2, 0.25) is 5.02 Å². The topological polar surface area (TPSA) is 59.6 Å². The minimum Gasteiger partial charge on any atom is -0.493 e. The lowest BCUT2D eigenvalue weighted by Crippen LogP contribution is -2.45. The predicted molar refractivity (Wildman–Crippen MR) is 87.1 cm³/mol. The molecule has 0 spiro atoms. The van der Waals surface area contributed by atoms with Gasteiger partial charge in [-0.1, -0.05) is 18.5 Å². The molecule has 1 saturated heterocycles. The smallest absolute Gasteiger partial charge is 0.251 e. The van der Waals surface area contributed by atoms with Crippen molar-refractivity contribution in [2.75, 3.05) is 26.8 Å². The number of benzene rings is 1. The Morgan fingerprint density at radius 1 is 1.50 bits per heavy atom. The van der Waals surface area contributed by atoms with Gasteiger partial charge in [0, 0.05) is 18.2 Å². The zero-order chi connectivity index (χ0) is 15.9. The molecule has 1 fully saturated rings. The van der Waals surface area contributed by atoms with Gasteiger partial charge in [-0.2, -0.15) is 0 Å². The van der Waals surface area contributed by atoms with Gasteiger partial charge in [0.05, 0.1) is 18.7 Å². The van der Waals surface area contributed by atoms with Crippen molar-refractivity contribution in [3.63, 3.8) is 0 Å². The molecule has 1 aliphatic heterocycles. The summed E-state index contributed by atoms with van der Waals surface area (Å²) < 4.78 is 10.9. The van der Waals surface area contributed by atoms with E-state index < -0.39 is 0 Å². The van der Waals surface area contributed by atoms with E-state index in [9.17, 15) is 4.79 Å². The van der Waals surface area contributed by atoms with Gasteiger partial charge in [0.25, 0.3) is 5.91 Å². The van der Waals surface area contributed by atoms with E-state index in [0.29, 0.717) is 28.7 Å². The molecule has 0 radical (unpaired) electrons. The Balaban J connectivity index is 2.12. The molecule has 1 atom stereocenters. The van der Waals surface area contributed by atoms with Crippen LogP contribution in [0.15, 0.2) is 12.1 Å². The molecule has 5 nitrogen and oxygen atoms in total. The predicted octanol–water partition coefficient (Wildman–Crippen LogP) is 2.62. The summed E-state index contributed by atoms with van der Waals surface area (Å²) in [5, 5.41) is 6.68. The van der Waals surface area contributed by atoms with Crippen LogP contribution >= 0.6 is 11.6 Å². The van der Waals surface area contributed by atoms with Crippen molar-refractivity contribution in [2.45, 2.75) is 32.2 Å². The zero-order valence-electron chi connectivity index (χ0n) is 13.1. The molecular formula is C16H23ClN2O3. The standard InChI is InChI=1S/C16H23ClN2O3/c1-3-7-22-15-13(17)8-11(9-14(15)21-2)16(20)19-12-5-4-6-18-10-12/h8-9,12,18H,3-7,10H2,1-2H3,(H,19,20)/t12-/m0/s1. The Morgan fingerprint density at radius 3 is 2.95 bits per heavy atom. The average molecular weight is 327 g/mol. The van der Waals surface area contributed by atoms with E-state index >= 15 is 0 Å². The van der Waals surface area contributed by atoms with Gasteiger partial charge < -0.3 is 20.1 Å². The van der Waals surface area contributed by atoms with E-state index in [2.05, 4.69) is 10.6 Å². The fourth-order valence-corrected chi connectivity index (χ4v) is 2.70. The molecule has 2 rings (SSSR count). The lowest BCUT2D eigenvalue weighted by atomic mass is 10.1. The first-order valence-electron chi connectivity index (χ1n) is 7.67. The van der Waals surface area contributed by atoms with Crippen molar-refractivity contribution in [3.05, 3.63) is 22.7 Å². The molecule has 6 heteroatoms. The van der Waals surface area contributed by atoms with Crippen LogP contribution < -0.4 is 20.1 Å². The first-order chi connectivity index (χ1) is 10.7. The maximum absolute atomic E-state index is 12.4. The number of amides is 1. The minimum absolute atomic E-state index is 0.143. The third-order valence-electron chi connectivity index (χ3n) is 3.57. The summed E-state index contributed by atoms with van der Waals surface area (Å²) in [5.41, 5.74) is 0.483. The molecular weight excluding hydrogens is 304 g/mol.